The number of nitrogens with one attached hydrogen (secondary N) is 1. The largest absolute Gasteiger partial charge is 0.416 e. The summed E-state index contributed by atoms with van der Waals surface area (Å²) >= 11 is 0. The molecule has 2 N–H and O–H groups in total. The molecule has 3 aromatic rings. The second-order valence-electron chi connectivity index (χ2n) is 7.98. The molecule has 0 fully saturated rings. The van der Waals surface area contributed by atoms with Crippen molar-refractivity contribution in [1.82, 2.24) is 19.7 Å². The molecule has 0 spiro atoms. The Kier molecular flexibility index (Phi) is 6.07. The molecule has 11 heteroatoms. The summed E-state index contributed by atoms with van der Waals surface area (Å²) in [5, 5.41) is 20.1. The van der Waals surface area contributed by atoms with Crippen molar-refractivity contribution < 1.29 is 23.1 Å². The predicted octanol–water partition coefficient (Wildman–Crippen LogP) is 3.14. The summed E-state index contributed by atoms with van der Waals surface area (Å²) < 4.78 is 42.3. The summed E-state index contributed by atoms with van der Waals surface area (Å²) in [6.45, 7) is 1.86. The second kappa shape index (κ2) is 8.81. The zero-order valence-corrected chi connectivity index (χ0v) is 18.1. The number of rotatable bonds is 7. The van der Waals surface area contributed by atoms with E-state index >= 15 is 0 Å². The number of benzene rings is 1. The second-order valence-corrected chi connectivity index (χ2v) is 7.98. The Hall–Kier alpha value is -3.47. The fourth-order valence-corrected chi connectivity index (χ4v) is 3.90. The third kappa shape index (κ3) is 4.54. The molecule has 1 aliphatic heterocycles. The van der Waals surface area contributed by atoms with Crippen LogP contribution in [0.1, 0.15) is 45.7 Å². The molecule has 2 aromatic heterocycles. The van der Waals surface area contributed by atoms with Gasteiger partial charge >= 0.3 is 6.18 Å². The van der Waals surface area contributed by atoms with E-state index < -0.39 is 17.6 Å². The third-order valence-corrected chi connectivity index (χ3v) is 5.66. The van der Waals surface area contributed by atoms with Crippen LogP contribution in [0.2, 0.25) is 0 Å². The number of hydrogen-bond acceptors (Lipinski definition) is 6. The van der Waals surface area contributed by atoms with E-state index in [9.17, 15) is 23.1 Å². The van der Waals surface area contributed by atoms with Crippen LogP contribution in [0.3, 0.4) is 0 Å². The molecular formula is C22H23F3N6O2. The maximum Gasteiger partial charge on any atom is 0.416 e. The summed E-state index contributed by atoms with van der Waals surface area (Å²) in [6, 6.07) is 7.14. The van der Waals surface area contributed by atoms with Crippen molar-refractivity contribution in [3.05, 3.63) is 64.7 Å². The highest BCUT2D eigenvalue weighted by molar-refractivity contribution is 6.10. The number of amides is 1. The number of aliphatic hydroxyl groups is 1. The van der Waals surface area contributed by atoms with Crippen molar-refractivity contribution in [2.75, 3.05) is 23.4 Å². The van der Waals surface area contributed by atoms with Gasteiger partial charge in [0, 0.05) is 25.6 Å². The molecule has 3 heterocycles. The quantitative estimate of drug-likeness (QED) is 0.563. The number of alkyl halides is 3. The standard InChI is InChI=1S/C22H23F3N6O2/c1-13(8-20-29-27-12-30(20)2)14-9-18(26-6-7-32)28-19(10-14)31-11-16-15(21(31)33)4-3-5-17(16)22(23,24)25/h3-5,9-10,12-13,32H,6-8,11H2,1-2H3,(H,26,28)/t13-/m1/s1. The maximum absolute atomic E-state index is 13.5. The highest BCUT2D eigenvalue weighted by atomic mass is 19.4. The average molecular weight is 460 g/mol. The Morgan fingerprint density at radius 2 is 2.06 bits per heavy atom. The van der Waals surface area contributed by atoms with Gasteiger partial charge in [0.2, 0.25) is 0 Å². The van der Waals surface area contributed by atoms with Gasteiger partial charge in [-0.1, -0.05) is 13.0 Å². The molecule has 1 amide bonds. The van der Waals surface area contributed by atoms with E-state index in [1.807, 2.05) is 18.5 Å². The van der Waals surface area contributed by atoms with Crippen molar-refractivity contribution >= 4 is 17.5 Å². The molecule has 174 valence electrons. The molecule has 1 atom stereocenters. The van der Waals surface area contributed by atoms with Crippen LogP contribution in [0.5, 0.6) is 0 Å². The molecule has 0 bridgehead atoms. The molecule has 33 heavy (non-hydrogen) atoms. The molecule has 0 unspecified atom stereocenters. The maximum atomic E-state index is 13.5. The SMILES string of the molecule is C[C@H](Cc1nncn1C)c1cc(NCCO)nc(N2Cc3c(cccc3C(F)(F)F)C2=O)c1. The Morgan fingerprint density at radius 1 is 1.27 bits per heavy atom. The zero-order valence-electron chi connectivity index (χ0n) is 18.1. The molecule has 1 aliphatic rings. The monoisotopic (exact) mass is 460 g/mol. The fourth-order valence-electron chi connectivity index (χ4n) is 3.90. The molecule has 0 saturated carbocycles. The summed E-state index contributed by atoms with van der Waals surface area (Å²) in [4.78, 5) is 18.7. The lowest BCUT2D eigenvalue weighted by molar-refractivity contribution is -0.138. The van der Waals surface area contributed by atoms with E-state index in [1.54, 1.807) is 18.5 Å². The van der Waals surface area contributed by atoms with Gasteiger partial charge in [0.15, 0.2) is 0 Å². The van der Waals surface area contributed by atoms with E-state index in [0.717, 1.165) is 17.5 Å². The number of aryl methyl sites for hydroxylation is 1. The minimum atomic E-state index is -4.56. The molecule has 1 aromatic carbocycles. The Morgan fingerprint density at radius 3 is 2.73 bits per heavy atom. The summed E-state index contributed by atoms with van der Waals surface area (Å²) in [7, 11) is 1.84. The minimum absolute atomic E-state index is 0.0222. The van der Waals surface area contributed by atoms with Gasteiger partial charge in [0.05, 0.1) is 18.7 Å². The van der Waals surface area contributed by atoms with Crippen molar-refractivity contribution in [2.24, 2.45) is 7.05 Å². The van der Waals surface area contributed by atoms with Gasteiger partial charge in [-0.3, -0.25) is 9.69 Å². The molecule has 0 aliphatic carbocycles. The Bertz CT molecular complexity index is 1180. The third-order valence-electron chi connectivity index (χ3n) is 5.66. The van der Waals surface area contributed by atoms with Gasteiger partial charge in [0.1, 0.15) is 23.8 Å². The minimum Gasteiger partial charge on any atom is -0.395 e. The van der Waals surface area contributed by atoms with E-state index in [0.29, 0.717) is 12.2 Å². The Labute approximate surface area is 188 Å². The zero-order chi connectivity index (χ0) is 23.8. The molecule has 0 saturated heterocycles. The highest BCUT2D eigenvalue weighted by Gasteiger charge is 2.40. The van der Waals surface area contributed by atoms with E-state index in [1.165, 1.54) is 17.0 Å². The first-order chi connectivity index (χ1) is 15.7. The number of aliphatic hydroxyl groups excluding tert-OH is 1. The normalized spacial score (nSPS) is 14.5. The number of anilines is 2. The van der Waals surface area contributed by atoms with Gasteiger partial charge in [-0.2, -0.15) is 13.2 Å². The van der Waals surface area contributed by atoms with Crippen LogP contribution in [0.25, 0.3) is 0 Å². The number of halogens is 3. The topological polar surface area (TPSA) is 96.2 Å². The van der Waals surface area contributed by atoms with E-state index in [2.05, 4.69) is 20.5 Å². The van der Waals surface area contributed by atoms with Crippen LogP contribution >= 0.6 is 0 Å². The van der Waals surface area contributed by atoms with Crippen LogP contribution in [0.4, 0.5) is 24.8 Å². The predicted molar refractivity (Wildman–Crippen MR) is 115 cm³/mol. The van der Waals surface area contributed by atoms with Crippen LogP contribution in [-0.2, 0) is 26.2 Å². The van der Waals surface area contributed by atoms with Crippen molar-refractivity contribution in [3.8, 4) is 0 Å². The first-order valence-electron chi connectivity index (χ1n) is 10.4. The summed E-state index contributed by atoms with van der Waals surface area (Å²) in [5.74, 6) is 0.850. The fraction of sp³-hybridized carbons (Fsp3) is 0.364. The van der Waals surface area contributed by atoms with Crippen molar-refractivity contribution in [2.45, 2.75) is 32.0 Å². The average Bonchev–Trinajstić information content (AvgIpc) is 3.34. The number of pyridine rings is 1. The lowest BCUT2D eigenvalue weighted by Crippen LogP contribution is -2.25. The van der Waals surface area contributed by atoms with Crippen LogP contribution < -0.4 is 10.2 Å². The summed E-state index contributed by atoms with van der Waals surface area (Å²) in [6.07, 6.45) is -2.40. The van der Waals surface area contributed by atoms with Gasteiger partial charge in [-0.15, -0.1) is 10.2 Å². The lowest BCUT2D eigenvalue weighted by Gasteiger charge is -2.20. The van der Waals surface area contributed by atoms with E-state index in [4.69, 9.17) is 0 Å². The van der Waals surface area contributed by atoms with Crippen molar-refractivity contribution in [3.63, 3.8) is 0 Å². The number of aromatic nitrogens is 4. The van der Waals surface area contributed by atoms with Gasteiger partial charge in [-0.05, 0) is 41.3 Å². The Balaban J connectivity index is 1.70. The highest BCUT2D eigenvalue weighted by Crippen LogP contribution is 2.38. The number of carbonyl (C=O) groups is 1. The van der Waals surface area contributed by atoms with Crippen LogP contribution in [-0.4, -0.2) is 43.9 Å². The van der Waals surface area contributed by atoms with Gasteiger partial charge in [0.25, 0.3) is 5.91 Å². The number of carbonyl (C=O) groups excluding carboxylic acids is 1. The van der Waals surface area contributed by atoms with Gasteiger partial charge < -0.3 is 15.0 Å². The van der Waals surface area contributed by atoms with Gasteiger partial charge in [-0.25, -0.2) is 4.98 Å². The molecule has 8 nitrogen and oxygen atoms in total. The van der Waals surface area contributed by atoms with Crippen LogP contribution in [0, 0.1) is 0 Å². The first kappa shape index (κ1) is 22.7. The molecule has 0 radical (unpaired) electrons. The molecule has 4 rings (SSSR count). The molecular weight excluding hydrogens is 437 g/mol. The number of nitrogens with zero attached hydrogens (tertiary/aromatic N) is 5. The first-order valence-corrected chi connectivity index (χ1v) is 10.4. The summed E-state index contributed by atoms with van der Waals surface area (Å²) in [5.41, 5.74) is -0.0299. The van der Waals surface area contributed by atoms with Crippen LogP contribution in [0.15, 0.2) is 36.7 Å². The smallest absolute Gasteiger partial charge is 0.395 e. The van der Waals surface area contributed by atoms with E-state index in [-0.39, 0.29) is 42.6 Å². The van der Waals surface area contributed by atoms with Crippen molar-refractivity contribution in [1.29, 1.82) is 0 Å². The number of hydrogen-bond donors (Lipinski definition) is 2. The lowest BCUT2D eigenvalue weighted by atomic mass is 9.98. The number of fused-ring (bicyclic) bond motifs is 1.